The maximum absolute atomic E-state index is 10.6. The minimum Gasteiger partial charge on any atom is -0.462 e. The number of esters is 1. The second-order valence-electron chi connectivity index (χ2n) is 2.55. The second kappa shape index (κ2) is 7.17. The summed E-state index contributed by atoms with van der Waals surface area (Å²) in [4.78, 5) is 10.6. The molecule has 0 aromatic carbocycles. The van der Waals surface area contributed by atoms with Gasteiger partial charge in [0, 0.05) is 11.5 Å². The van der Waals surface area contributed by atoms with Crippen molar-refractivity contribution in [1.82, 2.24) is 0 Å². The number of halogens is 1. The molecule has 0 aromatic heterocycles. The number of carbonyl (C=O) groups is 1. The summed E-state index contributed by atoms with van der Waals surface area (Å²) >= 11 is 5.89. The Hall–Kier alpha value is -0.500. The van der Waals surface area contributed by atoms with E-state index in [4.69, 9.17) is 16.3 Å². The molecule has 0 amide bonds. The van der Waals surface area contributed by atoms with Gasteiger partial charge in [-0.25, -0.2) is 4.79 Å². The normalized spacial score (nSPS) is 12.2. The Morgan fingerprint density at radius 2 is 2.33 bits per heavy atom. The van der Waals surface area contributed by atoms with Crippen molar-refractivity contribution in [2.75, 3.05) is 6.61 Å². The highest BCUT2D eigenvalue weighted by atomic mass is 35.5. The molecule has 0 aliphatic carbocycles. The van der Waals surface area contributed by atoms with E-state index in [9.17, 15) is 4.79 Å². The van der Waals surface area contributed by atoms with E-state index < -0.39 is 0 Å². The van der Waals surface area contributed by atoms with Crippen molar-refractivity contribution in [3.8, 4) is 0 Å². The van der Waals surface area contributed by atoms with Crippen LogP contribution < -0.4 is 0 Å². The topological polar surface area (TPSA) is 26.3 Å². The molecule has 0 radical (unpaired) electrons. The zero-order valence-corrected chi connectivity index (χ0v) is 8.14. The van der Waals surface area contributed by atoms with Gasteiger partial charge in [0.15, 0.2) is 0 Å². The number of hydrogen-bond acceptors (Lipinski definition) is 2. The molecule has 0 aliphatic heterocycles. The van der Waals surface area contributed by atoms with E-state index in [2.05, 4.69) is 13.5 Å². The fourth-order valence-electron chi connectivity index (χ4n) is 0.804. The van der Waals surface area contributed by atoms with E-state index in [-0.39, 0.29) is 11.3 Å². The van der Waals surface area contributed by atoms with Crippen LogP contribution in [0.15, 0.2) is 12.7 Å². The van der Waals surface area contributed by atoms with Gasteiger partial charge in [0.05, 0.1) is 6.61 Å². The molecular weight excluding hydrogens is 176 g/mol. The lowest BCUT2D eigenvalue weighted by Gasteiger charge is -2.06. The van der Waals surface area contributed by atoms with Crippen LogP contribution in [0.2, 0.25) is 0 Å². The molecule has 3 heteroatoms. The summed E-state index contributed by atoms with van der Waals surface area (Å²) in [6.45, 7) is 5.75. The van der Waals surface area contributed by atoms with Gasteiger partial charge in [-0.1, -0.05) is 19.9 Å². The van der Waals surface area contributed by atoms with Crippen molar-refractivity contribution >= 4 is 17.6 Å². The molecular formula is C9H15ClO2. The highest BCUT2D eigenvalue weighted by Crippen LogP contribution is 2.09. The molecule has 1 atom stereocenters. The molecule has 0 bridgehead atoms. The Morgan fingerprint density at radius 3 is 2.83 bits per heavy atom. The monoisotopic (exact) mass is 190 g/mol. The average Bonchev–Trinajstić information content (AvgIpc) is 2.04. The molecule has 0 saturated carbocycles. The summed E-state index contributed by atoms with van der Waals surface area (Å²) in [5.74, 6) is -0.379. The molecule has 0 heterocycles. The van der Waals surface area contributed by atoms with Crippen LogP contribution in [0.4, 0.5) is 0 Å². The first-order valence-electron chi connectivity index (χ1n) is 4.14. The lowest BCUT2D eigenvalue weighted by Crippen LogP contribution is -2.07. The Kier molecular flexibility index (Phi) is 6.87. The van der Waals surface area contributed by atoms with Crippen LogP contribution in [0.5, 0.6) is 0 Å². The molecule has 70 valence electrons. The van der Waals surface area contributed by atoms with E-state index in [1.807, 2.05) is 0 Å². The third kappa shape index (κ3) is 6.23. The van der Waals surface area contributed by atoms with E-state index >= 15 is 0 Å². The Bertz CT molecular complexity index is 145. The standard InChI is InChI=1S/C9H15ClO2/c1-3-5-8(10)6-7-12-9(11)4-2/h4,8H,2-3,5-7H2,1H3. The highest BCUT2D eigenvalue weighted by molar-refractivity contribution is 6.20. The SMILES string of the molecule is C=CC(=O)OCCC(Cl)CCC. The van der Waals surface area contributed by atoms with Gasteiger partial charge in [-0.15, -0.1) is 11.6 Å². The first-order chi connectivity index (χ1) is 5.70. The highest BCUT2D eigenvalue weighted by Gasteiger charge is 2.03. The first-order valence-corrected chi connectivity index (χ1v) is 4.57. The van der Waals surface area contributed by atoms with Gasteiger partial charge in [-0.05, 0) is 12.8 Å². The van der Waals surface area contributed by atoms with Crippen molar-refractivity contribution in [2.45, 2.75) is 31.6 Å². The van der Waals surface area contributed by atoms with Crippen LogP contribution in [0.25, 0.3) is 0 Å². The predicted octanol–water partition coefficient (Wildman–Crippen LogP) is 2.51. The number of hydrogen-bond donors (Lipinski definition) is 0. The molecule has 0 aromatic rings. The maximum Gasteiger partial charge on any atom is 0.330 e. The van der Waals surface area contributed by atoms with Crippen LogP contribution in [-0.4, -0.2) is 18.0 Å². The lowest BCUT2D eigenvalue weighted by molar-refractivity contribution is -0.137. The molecule has 0 rings (SSSR count). The Balaban J connectivity index is 3.30. The molecule has 0 fully saturated rings. The van der Waals surface area contributed by atoms with Gasteiger partial charge < -0.3 is 4.74 Å². The molecule has 2 nitrogen and oxygen atoms in total. The van der Waals surface area contributed by atoms with Crippen molar-refractivity contribution in [3.63, 3.8) is 0 Å². The number of carbonyl (C=O) groups excluding carboxylic acids is 1. The fourth-order valence-corrected chi connectivity index (χ4v) is 1.11. The summed E-state index contributed by atoms with van der Waals surface area (Å²) in [6.07, 6.45) is 3.90. The summed E-state index contributed by atoms with van der Waals surface area (Å²) in [6, 6.07) is 0. The summed E-state index contributed by atoms with van der Waals surface area (Å²) in [5, 5.41) is 0.118. The molecule has 0 N–H and O–H groups in total. The van der Waals surface area contributed by atoms with Gasteiger partial charge >= 0.3 is 5.97 Å². The third-order valence-corrected chi connectivity index (χ3v) is 1.88. The number of ether oxygens (including phenoxy) is 1. The van der Waals surface area contributed by atoms with Gasteiger partial charge in [0.25, 0.3) is 0 Å². The van der Waals surface area contributed by atoms with E-state index in [0.717, 1.165) is 25.3 Å². The minimum atomic E-state index is -0.379. The Labute approximate surface area is 78.5 Å². The molecule has 1 unspecified atom stereocenters. The van der Waals surface area contributed by atoms with Gasteiger partial charge in [-0.2, -0.15) is 0 Å². The quantitative estimate of drug-likeness (QED) is 0.366. The van der Waals surface area contributed by atoms with Crippen molar-refractivity contribution in [1.29, 1.82) is 0 Å². The van der Waals surface area contributed by atoms with Crippen LogP contribution in [0, 0.1) is 0 Å². The molecule has 0 aliphatic rings. The number of rotatable bonds is 6. The minimum absolute atomic E-state index is 0.118. The number of alkyl halides is 1. The van der Waals surface area contributed by atoms with Crippen LogP contribution in [0.3, 0.4) is 0 Å². The third-order valence-electron chi connectivity index (χ3n) is 1.44. The predicted molar refractivity (Wildman–Crippen MR) is 50.3 cm³/mol. The van der Waals surface area contributed by atoms with Crippen molar-refractivity contribution in [2.24, 2.45) is 0 Å². The summed E-state index contributed by atoms with van der Waals surface area (Å²) in [5.41, 5.74) is 0. The van der Waals surface area contributed by atoms with E-state index in [1.165, 1.54) is 0 Å². The molecule has 0 spiro atoms. The smallest absolute Gasteiger partial charge is 0.330 e. The average molecular weight is 191 g/mol. The molecule has 12 heavy (non-hydrogen) atoms. The van der Waals surface area contributed by atoms with Gasteiger partial charge in [0.1, 0.15) is 0 Å². The van der Waals surface area contributed by atoms with Crippen LogP contribution in [0.1, 0.15) is 26.2 Å². The fraction of sp³-hybridized carbons (Fsp3) is 0.667. The first kappa shape index (κ1) is 11.5. The Morgan fingerprint density at radius 1 is 1.67 bits per heavy atom. The second-order valence-corrected chi connectivity index (χ2v) is 3.16. The summed E-state index contributed by atoms with van der Waals surface area (Å²) in [7, 11) is 0. The maximum atomic E-state index is 10.6. The van der Waals surface area contributed by atoms with E-state index in [0.29, 0.717) is 6.61 Å². The van der Waals surface area contributed by atoms with E-state index in [1.54, 1.807) is 0 Å². The van der Waals surface area contributed by atoms with Crippen molar-refractivity contribution in [3.05, 3.63) is 12.7 Å². The lowest BCUT2D eigenvalue weighted by atomic mass is 10.2. The van der Waals surface area contributed by atoms with Crippen molar-refractivity contribution < 1.29 is 9.53 Å². The molecule has 0 saturated heterocycles. The zero-order valence-electron chi connectivity index (χ0n) is 7.38. The largest absolute Gasteiger partial charge is 0.462 e. The van der Waals surface area contributed by atoms with Gasteiger partial charge in [-0.3, -0.25) is 0 Å². The zero-order chi connectivity index (χ0) is 9.40. The van der Waals surface area contributed by atoms with Crippen LogP contribution >= 0.6 is 11.6 Å². The van der Waals surface area contributed by atoms with Crippen LogP contribution in [-0.2, 0) is 9.53 Å². The van der Waals surface area contributed by atoms with Gasteiger partial charge in [0.2, 0.25) is 0 Å². The summed E-state index contributed by atoms with van der Waals surface area (Å²) < 4.78 is 4.77.